The predicted molar refractivity (Wildman–Crippen MR) is 373 cm³/mol. The van der Waals surface area contributed by atoms with E-state index in [9.17, 15) is 30.6 Å². The Morgan fingerprint density at radius 3 is 0.800 bits per heavy atom. The molecule has 0 aliphatic carbocycles. The number of hydrogen-bond acceptors (Lipinski definition) is 12. The van der Waals surface area contributed by atoms with Crippen LogP contribution in [0.4, 0.5) is 0 Å². The normalized spacial score (nSPS) is 16.9. The van der Waals surface area contributed by atoms with Crippen molar-refractivity contribution in [2.24, 2.45) is 0 Å². The molecule has 6 aromatic heterocycles. The minimum Gasteiger partial charge on any atom is -0.507 e. The molecule has 18 heteroatoms. The number of hydrogen-bond donors (Lipinski definition) is 12. The largest absolute Gasteiger partial charge is 0.507 e. The lowest BCUT2D eigenvalue weighted by atomic mass is 10.1. The summed E-state index contributed by atoms with van der Waals surface area (Å²) in [5.74, 6) is 0.390. The predicted octanol–water partition coefficient (Wildman–Crippen LogP) is 11.9. The molecule has 12 N–H and O–H groups in total. The maximum atomic E-state index is 9.89. The summed E-state index contributed by atoms with van der Waals surface area (Å²) in [5, 5.41) is 62.3. The van der Waals surface area contributed by atoms with Gasteiger partial charge in [0.1, 0.15) is 34.5 Å². The molecule has 0 amide bonds. The molecular formula is C72H96N12O6. The molecular weight excluding hydrogens is 1130 g/mol. The van der Waals surface area contributed by atoms with Crippen molar-refractivity contribution in [1.29, 1.82) is 0 Å². The molecule has 12 aromatic rings. The van der Waals surface area contributed by atoms with Crippen LogP contribution < -0.4 is 0 Å². The summed E-state index contributed by atoms with van der Waals surface area (Å²) in [6.45, 7) is -13.5. The standard InChI is InChI=1S/6C12H16N2O/c6*1-14(2)7-6-9-8-13-10-4-3-5-11(15)12(9)10/h6*3-5,8,13,15H,6-7H2,1-2H3/i2*1D3,7D2;2*1D3,6D2;6D2;6D. The second-order valence-electron chi connectivity index (χ2n) is 21.4. The number of H-pyrrole nitrogens is 6. The van der Waals surface area contributed by atoms with Crippen molar-refractivity contribution in [1.82, 2.24) is 59.3 Å². The molecule has 1 atom stereocenters. The van der Waals surface area contributed by atoms with Gasteiger partial charge in [0.2, 0.25) is 0 Å². The van der Waals surface area contributed by atoms with E-state index in [2.05, 4.69) is 29.9 Å². The van der Waals surface area contributed by atoms with E-state index in [1.165, 1.54) is 64.8 Å². The first-order valence-electron chi connectivity index (χ1n) is 40.0. The number of phenols is 6. The number of phenolic OH excluding ortho intramolecular Hbond substituents is 6. The van der Waals surface area contributed by atoms with Gasteiger partial charge in [-0.15, -0.1) is 0 Å². The van der Waals surface area contributed by atoms with Crippen LogP contribution in [0.15, 0.2) is 146 Å². The number of aromatic hydroxyl groups is 6. The summed E-state index contributed by atoms with van der Waals surface area (Å²) < 4.78 is 176. The summed E-state index contributed by atoms with van der Waals surface area (Å²) in [5.41, 5.74) is 7.16. The maximum Gasteiger partial charge on any atom is 0.125 e. The van der Waals surface area contributed by atoms with E-state index in [1.54, 1.807) is 96.3 Å². The molecule has 0 saturated carbocycles. The molecule has 480 valence electrons. The molecule has 1 unspecified atom stereocenters. The summed E-state index contributed by atoms with van der Waals surface area (Å²) in [6.07, 6.45) is 3.64. The number of aryl methyl sites for hydroxylation is 2. The molecule has 12 rings (SSSR count). The van der Waals surface area contributed by atoms with E-state index in [4.69, 9.17) is 31.5 Å². The number of aromatic amines is 6. The molecule has 6 aromatic carbocycles. The molecule has 6 heterocycles. The SMILES string of the molecule is [2H]C(CN(C)C)c1c[nH]c2cccc(O)c12.[2H]C([2H])(CN(C)C([2H])([2H])[2H])c1c[nH]c2cccc(O)c12.[2H]C([2H])(CN(C)C([2H])([2H])[2H])c1c[nH]c2cccc(O)c12.[2H]C([2H])(CN(C)C)c1c[nH]c2cccc(O)c12.[2H]C([2H])([2H])N(C)C([2H])([2H])Cc1c[nH]c2cccc(O)c12.[2H]C([2H])([2H])N(C)C([2H])([2H])Cc1c[nH]c2cccc(O)c12. The molecule has 90 heavy (non-hydrogen) atoms. The third kappa shape index (κ3) is 19.1. The van der Waals surface area contributed by atoms with Gasteiger partial charge >= 0.3 is 0 Å². The van der Waals surface area contributed by atoms with Crippen LogP contribution in [0.5, 0.6) is 34.5 Å². The summed E-state index contributed by atoms with van der Waals surface area (Å²) in [4.78, 5) is 24.9. The van der Waals surface area contributed by atoms with Gasteiger partial charge in [0.05, 0.1) is 0 Å². The lowest BCUT2D eigenvalue weighted by Gasteiger charge is -2.08. The minimum absolute atomic E-state index is 0.0286. The molecule has 0 spiro atoms. The van der Waals surface area contributed by atoms with Gasteiger partial charge in [-0.25, -0.2) is 0 Å². The Morgan fingerprint density at radius 2 is 0.533 bits per heavy atom. The molecule has 0 aliphatic rings. The number of nitrogens with one attached hydrogen (secondary N) is 6. The van der Waals surface area contributed by atoms with E-state index in [0.29, 0.717) is 72.2 Å². The highest BCUT2D eigenvalue weighted by Gasteiger charge is 2.13. The average molecular weight is 1250 g/mol. The van der Waals surface area contributed by atoms with Crippen LogP contribution in [0.25, 0.3) is 65.4 Å². The van der Waals surface area contributed by atoms with Crippen molar-refractivity contribution >= 4 is 65.4 Å². The van der Waals surface area contributed by atoms with Crippen molar-refractivity contribution in [3.8, 4) is 34.5 Å². The van der Waals surface area contributed by atoms with E-state index in [-0.39, 0.29) is 84.5 Å². The Hall–Kier alpha value is -8.88. The number of rotatable bonds is 18. The minimum atomic E-state index is -2.52. The molecule has 0 saturated heterocycles. The first kappa shape index (κ1) is 42.9. The van der Waals surface area contributed by atoms with Crippen molar-refractivity contribution in [2.75, 3.05) is 123 Å². The van der Waals surface area contributed by atoms with Gasteiger partial charge in [0.15, 0.2) is 0 Å². The maximum absolute atomic E-state index is 9.89. The topological polar surface area (TPSA) is 236 Å². The number of aromatic nitrogens is 6. The summed E-state index contributed by atoms with van der Waals surface area (Å²) >= 11 is 0. The Bertz CT molecular complexity index is 4920. The van der Waals surface area contributed by atoms with Crippen LogP contribution in [0.2, 0.25) is 0 Å². The molecule has 0 aliphatic heterocycles. The fourth-order valence-corrected chi connectivity index (χ4v) is 9.36. The molecule has 18 nitrogen and oxygen atoms in total. The van der Waals surface area contributed by atoms with E-state index in [0.717, 1.165) is 41.6 Å². The zero-order chi connectivity index (χ0) is 84.9. The zero-order valence-corrected chi connectivity index (χ0v) is 51.5. The first-order chi connectivity index (χ1) is 52.0. The van der Waals surface area contributed by atoms with Gasteiger partial charge in [-0.2, -0.15) is 0 Å². The molecule has 0 bridgehead atoms. The van der Waals surface area contributed by atoms with Crippen molar-refractivity contribution in [3.05, 3.63) is 180 Å². The van der Waals surface area contributed by atoms with Gasteiger partial charge in [-0.1, -0.05) is 36.4 Å². The van der Waals surface area contributed by atoms with Crippen LogP contribution in [-0.4, -0.2) is 213 Å². The fourth-order valence-electron chi connectivity index (χ4n) is 9.36. The summed E-state index contributed by atoms with van der Waals surface area (Å²) in [6, 6.07) is 30.1. The Morgan fingerprint density at radius 1 is 0.300 bits per heavy atom. The smallest absolute Gasteiger partial charge is 0.125 e. The van der Waals surface area contributed by atoms with Gasteiger partial charge in [0.25, 0.3) is 0 Å². The van der Waals surface area contributed by atoms with Crippen molar-refractivity contribution in [2.45, 2.75) is 38.4 Å². The van der Waals surface area contributed by atoms with Crippen LogP contribution in [0, 0.1) is 0 Å². The number of benzene rings is 6. The molecule has 0 fully saturated rings. The Balaban J connectivity index is 0.000000188. The van der Waals surface area contributed by atoms with Gasteiger partial charge in [-0.05, 0) is 229 Å². The average Bonchev–Trinajstić information content (AvgIpc) is 1.68. The number of fused-ring (bicyclic) bond motifs is 6. The van der Waals surface area contributed by atoms with Gasteiger partial charge < -0.3 is 89.9 Å². The lowest BCUT2D eigenvalue weighted by Crippen LogP contribution is -2.14. The highest BCUT2D eigenvalue weighted by Crippen LogP contribution is 2.33. The second-order valence-corrected chi connectivity index (χ2v) is 21.4. The van der Waals surface area contributed by atoms with Gasteiger partial charge in [0, 0.05) is 173 Å². The van der Waals surface area contributed by atoms with E-state index >= 15 is 0 Å². The summed E-state index contributed by atoms with van der Waals surface area (Å²) in [7, 11) is 12.7. The fraction of sp³-hybridized carbons (Fsp3) is 0.333. The number of nitrogens with zero attached hydrogens (tertiary/aromatic N) is 6. The van der Waals surface area contributed by atoms with Crippen LogP contribution in [0.3, 0.4) is 0 Å². The third-order valence-corrected chi connectivity index (χ3v) is 13.6. The Kier molecular flexibility index (Phi) is 15.8. The second kappa shape index (κ2) is 33.1. The third-order valence-electron chi connectivity index (χ3n) is 13.6. The van der Waals surface area contributed by atoms with Gasteiger partial charge in [-0.3, -0.25) is 0 Å². The monoisotopic (exact) mass is 1250 g/mol. The van der Waals surface area contributed by atoms with Crippen molar-refractivity contribution in [3.63, 3.8) is 0 Å². The number of likely N-dealkylation sites (N-methyl/N-ethyl adjacent to an activating group) is 6. The van der Waals surface area contributed by atoms with Crippen LogP contribution in [-0.2, 0) is 38.4 Å². The van der Waals surface area contributed by atoms with Crippen LogP contribution >= 0.6 is 0 Å². The van der Waals surface area contributed by atoms with E-state index in [1.807, 2.05) is 51.4 Å². The Labute approximate surface area is 561 Å². The van der Waals surface area contributed by atoms with Crippen LogP contribution in [0.1, 0.15) is 64.9 Å². The lowest BCUT2D eigenvalue weighted by molar-refractivity contribution is 0.414. The molecule has 0 radical (unpaired) electrons. The zero-order valence-electron chi connectivity index (χ0n) is 74.5. The van der Waals surface area contributed by atoms with Crippen molar-refractivity contribution < 1.29 is 62.2 Å². The first-order valence-corrected chi connectivity index (χ1v) is 28.4. The van der Waals surface area contributed by atoms with E-state index < -0.39 is 60.0 Å². The quantitative estimate of drug-likeness (QED) is 0.0385. The highest BCUT2D eigenvalue weighted by molar-refractivity contribution is 5.92. The highest BCUT2D eigenvalue weighted by atomic mass is 16.3.